The third-order valence-electron chi connectivity index (χ3n) is 5.35. The van der Waals surface area contributed by atoms with Crippen molar-refractivity contribution in [1.82, 2.24) is 9.80 Å². The Morgan fingerprint density at radius 3 is 2.24 bits per heavy atom. The third-order valence-corrected chi connectivity index (χ3v) is 5.35. The molecule has 1 aliphatic rings. The number of nitrogens with zero attached hydrogens (tertiary/aromatic N) is 4. The van der Waals surface area contributed by atoms with Crippen molar-refractivity contribution in [2.24, 2.45) is 10.7 Å². The second kappa shape index (κ2) is 9.60. The molecule has 1 atom stereocenters. The Morgan fingerprint density at radius 1 is 1.07 bits per heavy atom. The maximum atomic E-state index is 13.1. The molecule has 0 aromatic heterocycles. The van der Waals surface area contributed by atoms with Crippen molar-refractivity contribution in [3.63, 3.8) is 0 Å². The first-order valence-corrected chi connectivity index (χ1v) is 9.83. The van der Waals surface area contributed by atoms with Gasteiger partial charge in [-0.1, -0.05) is 12.1 Å². The van der Waals surface area contributed by atoms with Crippen LogP contribution in [0.3, 0.4) is 0 Å². The molecule has 0 aliphatic carbocycles. The van der Waals surface area contributed by atoms with Gasteiger partial charge in [0.15, 0.2) is 5.96 Å². The molecule has 1 unspecified atom stereocenters. The lowest BCUT2D eigenvalue weighted by Gasteiger charge is -2.36. The van der Waals surface area contributed by atoms with Crippen LogP contribution >= 0.6 is 0 Å². The van der Waals surface area contributed by atoms with Crippen LogP contribution in [-0.2, 0) is 0 Å². The number of benzene rings is 2. The molecular formula is C22H30FN5O. The zero-order valence-electron chi connectivity index (χ0n) is 17.4. The lowest BCUT2D eigenvalue weighted by molar-refractivity contribution is 0.304. The maximum Gasteiger partial charge on any atom is 0.191 e. The minimum atomic E-state index is -0.212. The summed E-state index contributed by atoms with van der Waals surface area (Å²) in [6.07, 6.45) is 0. The zero-order chi connectivity index (χ0) is 20.8. The minimum Gasteiger partial charge on any atom is -0.497 e. The SMILES string of the molecule is COc1ccc(C(CN=C(N)N2CCN(c3ccc(F)cc3)CC2)N(C)C)cc1. The molecule has 2 N–H and O–H groups in total. The van der Waals surface area contributed by atoms with E-state index < -0.39 is 0 Å². The minimum absolute atomic E-state index is 0.139. The standard InChI is InChI=1S/C22H30FN5O/c1-26(2)21(17-4-10-20(29-3)11-5-17)16-25-22(24)28-14-12-27(13-15-28)19-8-6-18(23)7-9-19/h4-11,21H,12-16H2,1-3H3,(H2,24,25). The van der Waals surface area contributed by atoms with Crippen LogP contribution in [0.1, 0.15) is 11.6 Å². The number of hydrogen-bond acceptors (Lipinski definition) is 4. The van der Waals surface area contributed by atoms with Crippen molar-refractivity contribution in [3.05, 3.63) is 59.9 Å². The van der Waals surface area contributed by atoms with Crippen LogP contribution < -0.4 is 15.4 Å². The fourth-order valence-electron chi connectivity index (χ4n) is 3.52. The zero-order valence-corrected chi connectivity index (χ0v) is 17.4. The summed E-state index contributed by atoms with van der Waals surface area (Å²) < 4.78 is 18.4. The molecule has 156 valence electrons. The van der Waals surface area contributed by atoms with Gasteiger partial charge in [0.2, 0.25) is 0 Å². The van der Waals surface area contributed by atoms with Gasteiger partial charge in [0.25, 0.3) is 0 Å². The van der Waals surface area contributed by atoms with E-state index in [2.05, 4.69) is 31.8 Å². The van der Waals surface area contributed by atoms with Gasteiger partial charge >= 0.3 is 0 Å². The molecule has 29 heavy (non-hydrogen) atoms. The summed E-state index contributed by atoms with van der Waals surface area (Å²) in [5, 5.41) is 0. The number of methoxy groups -OCH3 is 1. The Labute approximate surface area is 172 Å². The predicted octanol–water partition coefficient (Wildman–Crippen LogP) is 2.57. The summed E-state index contributed by atoms with van der Waals surface area (Å²) in [7, 11) is 5.75. The first-order chi connectivity index (χ1) is 14.0. The van der Waals surface area contributed by atoms with Crippen molar-refractivity contribution in [2.75, 3.05) is 58.8 Å². The number of aliphatic imine (C=N–C) groups is 1. The van der Waals surface area contributed by atoms with Crippen molar-refractivity contribution >= 4 is 11.6 Å². The smallest absolute Gasteiger partial charge is 0.191 e. The van der Waals surface area contributed by atoms with E-state index in [-0.39, 0.29) is 11.9 Å². The van der Waals surface area contributed by atoms with Crippen molar-refractivity contribution in [1.29, 1.82) is 0 Å². The fraction of sp³-hybridized carbons (Fsp3) is 0.409. The van der Waals surface area contributed by atoms with Crippen molar-refractivity contribution in [2.45, 2.75) is 6.04 Å². The van der Waals surface area contributed by atoms with Crippen LogP contribution in [0.5, 0.6) is 5.75 Å². The highest BCUT2D eigenvalue weighted by atomic mass is 19.1. The molecule has 7 heteroatoms. The third kappa shape index (κ3) is 5.38. The van der Waals surface area contributed by atoms with Crippen molar-refractivity contribution < 1.29 is 9.13 Å². The Balaban J connectivity index is 1.58. The highest BCUT2D eigenvalue weighted by Gasteiger charge is 2.20. The van der Waals surface area contributed by atoms with E-state index in [4.69, 9.17) is 10.5 Å². The highest BCUT2D eigenvalue weighted by Crippen LogP contribution is 2.22. The molecule has 6 nitrogen and oxygen atoms in total. The maximum absolute atomic E-state index is 13.1. The molecular weight excluding hydrogens is 369 g/mol. The van der Waals surface area contributed by atoms with Gasteiger partial charge in [-0.15, -0.1) is 0 Å². The average Bonchev–Trinajstić information content (AvgIpc) is 2.74. The number of hydrogen-bond donors (Lipinski definition) is 1. The summed E-state index contributed by atoms with van der Waals surface area (Å²) in [5.41, 5.74) is 8.50. The quantitative estimate of drug-likeness (QED) is 0.598. The van der Waals surface area contributed by atoms with E-state index in [1.165, 1.54) is 17.7 Å². The van der Waals surface area contributed by atoms with Crippen LogP contribution in [0.4, 0.5) is 10.1 Å². The van der Waals surface area contributed by atoms with Crippen LogP contribution in [-0.4, -0.2) is 69.7 Å². The Bertz CT molecular complexity index is 799. The monoisotopic (exact) mass is 399 g/mol. The number of ether oxygens (including phenoxy) is 1. The number of anilines is 1. The highest BCUT2D eigenvalue weighted by molar-refractivity contribution is 5.78. The van der Waals surface area contributed by atoms with Gasteiger partial charge in [-0.3, -0.25) is 4.99 Å². The molecule has 0 radical (unpaired) electrons. The molecule has 0 amide bonds. The number of halogens is 1. The van der Waals surface area contributed by atoms with Gasteiger partial charge < -0.3 is 25.2 Å². The van der Waals surface area contributed by atoms with Crippen molar-refractivity contribution in [3.8, 4) is 5.75 Å². The van der Waals surface area contributed by atoms with Gasteiger partial charge in [0, 0.05) is 31.9 Å². The van der Waals surface area contributed by atoms with E-state index in [0.29, 0.717) is 12.5 Å². The van der Waals surface area contributed by atoms with Gasteiger partial charge in [0.05, 0.1) is 19.7 Å². The Kier molecular flexibility index (Phi) is 6.93. The normalized spacial score (nSPS) is 16.2. The van der Waals surface area contributed by atoms with Gasteiger partial charge in [0.1, 0.15) is 11.6 Å². The van der Waals surface area contributed by atoms with Crippen LogP contribution in [0, 0.1) is 5.82 Å². The van der Waals surface area contributed by atoms with E-state index in [1.54, 1.807) is 7.11 Å². The molecule has 1 aliphatic heterocycles. The predicted molar refractivity (Wildman–Crippen MR) is 116 cm³/mol. The summed E-state index contributed by atoms with van der Waals surface area (Å²) in [6, 6.07) is 14.8. The molecule has 2 aromatic carbocycles. The van der Waals surface area contributed by atoms with E-state index >= 15 is 0 Å². The summed E-state index contributed by atoms with van der Waals surface area (Å²) in [6.45, 7) is 3.84. The molecule has 1 heterocycles. The van der Waals surface area contributed by atoms with E-state index in [0.717, 1.165) is 37.6 Å². The lowest BCUT2D eigenvalue weighted by Crippen LogP contribution is -2.51. The number of rotatable bonds is 6. The molecule has 3 rings (SSSR count). The molecule has 1 saturated heterocycles. The number of piperazine rings is 1. The van der Waals surface area contributed by atoms with Crippen LogP contribution in [0.15, 0.2) is 53.5 Å². The van der Waals surface area contributed by atoms with Gasteiger partial charge in [-0.05, 0) is 56.1 Å². The summed E-state index contributed by atoms with van der Waals surface area (Å²) in [4.78, 5) is 11.2. The van der Waals surface area contributed by atoms with E-state index in [1.807, 2.05) is 38.4 Å². The summed E-state index contributed by atoms with van der Waals surface area (Å²) >= 11 is 0. The lowest BCUT2D eigenvalue weighted by atomic mass is 10.1. The second-order valence-corrected chi connectivity index (χ2v) is 7.40. The molecule has 0 bridgehead atoms. The van der Waals surface area contributed by atoms with Gasteiger partial charge in [-0.2, -0.15) is 0 Å². The second-order valence-electron chi connectivity index (χ2n) is 7.40. The first-order valence-electron chi connectivity index (χ1n) is 9.83. The molecule has 0 saturated carbocycles. The average molecular weight is 400 g/mol. The number of guanidine groups is 1. The van der Waals surface area contributed by atoms with Crippen LogP contribution in [0.2, 0.25) is 0 Å². The van der Waals surface area contributed by atoms with Crippen LogP contribution in [0.25, 0.3) is 0 Å². The fourth-order valence-corrected chi connectivity index (χ4v) is 3.52. The number of nitrogens with two attached hydrogens (primary N) is 1. The summed E-state index contributed by atoms with van der Waals surface area (Å²) in [5.74, 6) is 1.20. The molecule has 0 spiro atoms. The van der Waals surface area contributed by atoms with Gasteiger partial charge in [-0.25, -0.2) is 4.39 Å². The first kappa shape index (κ1) is 20.9. The largest absolute Gasteiger partial charge is 0.497 e. The molecule has 2 aromatic rings. The topological polar surface area (TPSA) is 57.3 Å². The number of likely N-dealkylation sites (N-methyl/N-ethyl adjacent to an activating group) is 1. The Morgan fingerprint density at radius 2 is 1.69 bits per heavy atom. The molecule has 1 fully saturated rings. The Hall–Kier alpha value is -2.80. The van der Waals surface area contributed by atoms with E-state index in [9.17, 15) is 4.39 Å².